The van der Waals surface area contributed by atoms with Crippen LogP contribution in [0.4, 0.5) is 4.39 Å². The van der Waals surface area contributed by atoms with Gasteiger partial charge in [-0.2, -0.15) is 0 Å². The Morgan fingerprint density at radius 3 is 2.42 bits per heavy atom. The molecule has 0 saturated heterocycles. The molecule has 2 aromatic rings. The summed E-state index contributed by atoms with van der Waals surface area (Å²) in [6.45, 7) is 1.86. The van der Waals surface area contributed by atoms with Gasteiger partial charge in [0.25, 0.3) is 0 Å². The third kappa shape index (κ3) is 3.47. The second-order valence-corrected chi connectivity index (χ2v) is 5.33. The second kappa shape index (κ2) is 5.91. The summed E-state index contributed by atoms with van der Waals surface area (Å²) in [6, 6.07) is 9.56. The van der Waals surface area contributed by atoms with Crippen molar-refractivity contribution in [2.75, 3.05) is 0 Å². The van der Waals surface area contributed by atoms with Gasteiger partial charge in [-0.3, -0.25) is 0 Å². The highest BCUT2D eigenvalue weighted by atomic mass is 35.5. The fourth-order valence-corrected chi connectivity index (χ4v) is 2.45. The number of hydrogen-bond donors (Lipinski definition) is 1. The first-order chi connectivity index (χ1) is 8.97. The van der Waals surface area contributed by atoms with Crippen LogP contribution in [-0.2, 0) is 6.42 Å². The summed E-state index contributed by atoms with van der Waals surface area (Å²) in [4.78, 5) is 0. The van der Waals surface area contributed by atoms with Gasteiger partial charge in [0.05, 0.1) is 6.10 Å². The van der Waals surface area contributed by atoms with E-state index in [1.165, 1.54) is 18.2 Å². The van der Waals surface area contributed by atoms with Crippen molar-refractivity contribution in [3.63, 3.8) is 0 Å². The number of aliphatic hydroxyl groups is 1. The second-order valence-electron chi connectivity index (χ2n) is 4.46. The average Bonchev–Trinajstić information content (AvgIpc) is 2.33. The zero-order chi connectivity index (χ0) is 14.0. The Labute approximate surface area is 121 Å². The summed E-state index contributed by atoms with van der Waals surface area (Å²) in [7, 11) is 0. The van der Waals surface area contributed by atoms with E-state index in [0.29, 0.717) is 15.6 Å². The van der Waals surface area contributed by atoms with Crippen LogP contribution in [0.1, 0.15) is 22.8 Å². The molecule has 0 saturated carbocycles. The molecule has 4 heteroatoms. The Morgan fingerprint density at radius 1 is 1.11 bits per heavy atom. The average molecular weight is 299 g/mol. The van der Waals surface area contributed by atoms with Gasteiger partial charge < -0.3 is 5.11 Å². The standard InChI is InChI=1S/C15H13Cl2FO/c1-9-6-11(16)2-4-13(9)15(19)8-10-7-12(17)3-5-14(10)18/h2-7,15,19H,8H2,1H3. The van der Waals surface area contributed by atoms with Crippen molar-refractivity contribution in [2.24, 2.45) is 0 Å². The molecule has 0 radical (unpaired) electrons. The molecule has 1 N–H and O–H groups in total. The molecule has 0 aliphatic heterocycles. The van der Waals surface area contributed by atoms with E-state index in [9.17, 15) is 9.50 Å². The Balaban J connectivity index is 2.25. The largest absolute Gasteiger partial charge is 0.388 e. The van der Waals surface area contributed by atoms with Crippen LogP contribution in [0.2, 0.25) is 10.0 Å². The van der Waals surface area contributed by atoms with E-state index in [1.807, 2.05) is 6.92 Å². The Kier molecular flexibility index (Phi) is 4.46. The summed E-state index contributed by atoms with van der Waals surface area (Å²) in [5.41, 5.74) is 2.01. The van der Waals surface area contributed by atoms with E-state index in [2.05, 4.69) is 0 Å². The lowest BCUT2D eigenvalue weighted by Gasteiger charge is -2.14. The molecule has 1 nitrogen and oxygen atoms in total. The number of halogens is 3. The van der Waals surface area contributed by atoms with E-state index >= 15 is 0 Å². The molecule has 0 spiro atoms. The lowest BCUT2D eigenvalue weighted by molar-refractivity contribution is 0.176. The van der Waals surface area contributed by atoms with Gasteiger partial charge in [0, 0.05) is 16.5 Å². The minimum absolute atomic E-state index is 0.175. The van der Waals surface area contributed by atoms with Gasteiger partial charge in [-0.15, -0.1) is 0 Å². The van der Waals surface area contributed by atoms with E-state index in [4.69, 9.17) is 23.2 Å². The van der Waals surface area contributed by atoms with Crippen LogP contribution < -0.4 is 0 Å². The minimum Gasteiger partial charge on any atom is -0.388 e. The quantitative estimate of drug-likeness (QED) is 0.869. The summed E-state index contributed by atoms with van der Waals surface area (Å²) in [5, 5.41) is 11.3. The van der Waals surface area contributed by atoms with Crippen molar-refractivity contribution >= 4 is 23.2 Å². The van der Waals surface area contributed by atoms with Crippen LogP contribution in [0.15, 0.2) is 36.4 Å². The molecule has 0 aliphatic rings. The van der Waals surface area contributed by atoms with E-state index in [1.54, 1.807) is 18.2 Å². The first-order valence-corrected chi connectivity index (χ1v) is 6.61. The van der Waals surface area contributed by atoms with Crippen molar-refractivity contribution in [2.45, 2.75) is 19.4 Å². The summed E-state index contributed by atoms with van der Waals surface area (Å²) >= 11 is 11.7. The topological polar surface area (TPSA) is 20.2 Å². The van der Waals surface area contributed by atoms with Gasteiger partial charge in [0.2, 0.25) is 0 Å². The number of aliphatic hydroxyl groups excluding tert-OH is 1. The van der Waals surface area contributed by atoms with E-state index < -0.39 is 6.10 Å². The molecule has 1 atom stereocenters. The molecule has 0 amide bonds. The normalized spacial score (nSPS) is 12.5. The minimum atomic E-state index is -0.787. The molecule has 0 heterocycles. The molecule has 0 bridgehead atoms. The van der Waals surface area contributed by atoms with Gasteiger partial charge in [-0.05, 0) is 53.9 Å². The van der Waals surface area contributed by atoms with Gasteiger partial charge in [0.15, 0.2) is 0 Å². The Morgan fingerprint density at radius 2 is 1.74 bits per heavy atom. The predicted octanol–water partition coefficient (Wildman–Crippen LogP) is 4.72. The van der Waals surface area contributed by atoms with Crippen molar-refractivity contribution < 1.29 is 9.50 Å². The highest BCUT2D eigenvalue weighted by Crippen LogP contribution is 2.26. The zero-order valence-corrected chi connectivity index (χ0v) is 11.8. The Hall–Kier alpha value is -1.09. The number of aryl methyl sites for hydroxylation is 1. The number of benzene rings is 2. The third-order valence-corrected chi connectivity index (χ3v) is 3.48. The zero-order valence-electron chi connectivity index (χ0n) is 10.3. The lowest BCUT2D eigenvalue weighted by atomic mass is 9.97. The van der Waals surface area contributed by atoms with Crippen LogP contribution in [0.25, 0.3) is 0 Å². The summed E-state index contributed by atoms with van der Waals surface area (Å²) < 4.78 is 13.6. The van der Waals surface area contributed by atoms with Gasteiger partial charge in [0.1, 0.15) is 5.82 Å². The first kappa shape index (κ1) is 14.3. The van der Waals surface area contributed by atoms with Gasteiger partial charge in [-0.25, -0.2) is 4.39 Å². The maximum atomic E-state index is 13.6. The van der Waals surface area contributed by atoms with Crippen molar-refractivity contribution in [1.29, 1.82) is 0 Å². The number of hydrogen-bond acceptors (Lipinski definition) is 1. The van der Waals surface area contributed by atoms with Crippen LogP contribution in [-0.4, -0.2) is 5.11 Å². The van der Waals surface area contributed by atoms with Gasteiger partial charge in [-0.1, -0.05) is 29.3 Å². The molecule has 100 valence electrons. The molecule has 19 heavy (non-hydrogen) atoms. The maximum Gasteiger partial charge on any atom is 0.126 e. The molecule has 0 aliphatic carbocycles. The molecule has 0 aromatic heterocycles. The highest BCUT2D eigenvalue weighted by molar-refractivity contribution is 6.30. The summed E-state index contributed by atoms with van der Waals surface area (Å²) in [5.74, 6) is -0.366. The first-order valence-electron chi connectivity index (χ1n) is 5.85. The fraction of sp³-hybridized carbons (Fsp3) is 0.200. The van der Waals surface area contributed by atoms with E-state index in [-0.39, 0.29) is 12.2 Å². The third-order valence-electron chi connectivity index (χ3n) is 3.01. The lowest BCUT2D eigenvalue weighted by Crippen LogP contribution is -2.05. The van der Waals surface area contributed by atoms with Crippen molar-refractivity contribution in [3.05, 3.63) is 69.0 Å². The van der Waals surface area contributed by atoms with Crippen LogP contribution in [0.5, 0.6) is 0 Å². The fourth-order valence-electron chi connectivity index (χ4n) is 2.03. The molecular formula is C15H13Cl2FO. The monoisotopic (exact) mass is 298 g/mol. The van der Waals surface area contributed by atoms with E-state index in [0.717, 1.165) is 11.1 Å². The smallest absolute Gasteiger partial charge is 0.126 e. The SMILES string of the molecule is Cc1cc(Cl)ccc1C(O)Cc1cc(Cl)ccc1F. The summed E-state index contributed by atoms with van der Waals surface area (Å²) in [6.07, 6.45) is -0.611. The van der Waals surface area contributed by atoms with Gasteiger partial charge >= 0.3 is 0 Å². The van der Waals surface area contributed by atoms with Crippen LogP contribution in [0.3, 0.4) is 0 Å². The Bertz CT molecular complexity index is 599. The van der Waals surface area contributed by atoms with Crippen LogP contribution >= 0.6 is 23.2 Å². The molecule has 0 fully saturated rings. The maximum absolute atomic E-state index is 13.6. The van der Waals surface area contributed by atoms with Crippen LogP contribution in [0, 0.1) is 12.7 Å². The molecule has 2 rings (SSSR count). The van der Waals surface area contributed by atoms with Crippen molar-refractivity contribution in [1.82, 2.24) is 0 Å². The molecular weight excluding hydrogens is 286 g/mol. The molecule has 1 unspecified atom stereocenters. The number of rotatable bonds is 3. The predicted molar refractivity (Wildman–Crippen MR) is 76.3 cm³/mol. The highest BCUT2D eigenvalue weighted by Gasteiger charge is 2.14. The van der Waals surface area contributed by atoms with Crippen molar-refractivity contribution in [3.8, 4) is 0 Å². The molecule has 2 aromatic carbocycles.